The minimum Gasteiger partial charge on any atom is -0.395 e. The van der Waals surface area contributed by atoms with E-state index in [0.29, 0.717) is 0 Å². The summed E-state index contributed by atoms with van der Waals surface area (Å²) in [6.45, 7) is 6.20. The van der Waals surface area contributed by atoms with Crippen molar-refractivity contribution in [2.75, 3.05) is 26.2 Å². The van der Waals surface area contributed by atoms with Gasteiger partial charge in [-0.3, -0.25) is 4.90 Å². The van der Waals surface area contributed by atoms with Crippen LogP contribution in [-0.2, 0) is 6.54 Å². The molecule has 0 aliphatic carbocycles. The first-order chi connectivity index (χ1) is 7.79. The van der Waals surface area contributed by atoms with Gasteiger partial charge < -0.3 is 10.4 Å². The van der Waals surface area contributed by atoms with Crippen molar-refractivity contribution in [1.29, 1.82) is 0 Å². The Morgan fingerprint density at radius 2 is 2.12 bits per heavy atom. The number of aliphatic hydroxyl groups excluding tert-OH is 1. The van der Waals surface area contributed by atoms with Gasteiger partial charge in [0.1, 0.15) is 0 Å². The van der Waals surface area contributed by atoms with Crippen molar-refractivity contribution in [1.82, 2.24) is 10.2 Å². The summed E-state index contributed by atoms with van der Waals surface area (Å²) in [7, 11) is 0. The summed E-state index contributed by atoms with van der Waals surface area (Å²) in [5.41, 5.74) is 2.62. The van der Waals surface area contributed by atoms with Crippen molar-refractivity contribution >= 4 is 0 Å². The largest absolute Gasteiger partial charge is 0.395 e. The lowest BCUT2D eigenvalue weighted by Crippen LogP contribution is -2.52. The van der Waals surface area contributed by atoms with E-state index in [0.717, 1.165) is 26.2 Å². The Hall–Kier alpha value is -0.900. The Kier molecular flexibility index (Phi) is 3.93. The Labute approximate surface area is 97.1 Å². The van der Waals surface area contributed by atoms with Crippen LogP contribution in [0.25, 0.3) is 0 Å². The lowest BCUT2D eigenvalue weighted by molar-refractivity contribution is 0.0946. The zero-order valence-corrected chi connectivity index (χ0v) is 9.82. The molecule has 3 heteroatoms. The molecule has 0 saturated carbocycles. The van der Waals surface area contributed by atoms with Gasteiger partial charge in [0.15, 0.2) is 0 Å². The molecule has 1 atom stereocenters. The number of aliphatic hydroxyl groups is 1. The second kappa shape index (κ2) is 5.43. The van der Waals surface area contributed by atoms with Crippen LogP contribution in [0.4, 0.5) is 0 Å². The smallest absolute Gasteiger partial charge is 0.0599 e. The van der Waals surface area contributed by atoms with Crippen LogP contribution in [0.15, 0.2) is 24.3 Å². The van der Waals surface area contributed by atoms with Gasteiger partial charge in [0.2, 0.25) is 0 Å². The molecule has 2 N–H and O–H groups in total. The molecule has 0 radical (unpaired) electrons. The van der Waals surface area contributed by atoms with Gasteiger partial charge in [-0.25, -0.2) is 0 Å². The van der Waals surface area contributed by atoms with E-state index in [1.165, 1.54) is 11.1 Å². The van der Waals surface area contributed by atoms with Crippen LogP contribution in [0, 0.1) is 6.92 Å². The van der Waals surface area contributed by atoms with Crippen LogP contribution in [-0.4, -0.2) is 42.3 Å². The highest BCUT2D eigenvalue weighted by Crippen LogP contribution is 2.11. The average molecular weight is 220 g/mol. The van der Waals surface area contributed by atoms with Gasteiger partial charge in [0.05, 0.1) is 6.61 Å². The fraction of sp³-hybridized carbons (Fsp3) is 0.538. The lowest BCUT2D eigenvalue weighted by atomic mass is 10.1. The molecule has 1 unspecified atom stereocenters. The molecule has 1 aliphatic rings. The summed E-state index contributed by atoms with van der Waals surface area (Å²) in [4.78, 5) is 2.35. The highest BCUT2D eigenvalue weighted by atomic mass is 16.3. The number of hydrogen-bond donors (Lipinski definition) is 2. The van der Waals surface area contributed by atoms with Crippen LogP contribution in [0.5, 0.6) is 0 Å². The lowest BCUT2D eigenvalue weighted by Gasteiger charge is -2.35. The first-order valence-corrected chi connectivity index (χ1v) is 5.91. The molecule has 0 amide bonds. The molecule has 1 aromatic carbocycles. The molecular weight excluding hydrogens is 200 g/mol. The van der Waals surface area contributed by atoms with Crippen molar-refractivity contribution in [2.24, 2.45) is 0 Å². The summed E-state index contributed by atoms with van der Waals surface area (Å²) in [6, 6.07) is 8.89. The van der Waals surface area contributed by atoms with E-state index < -0.39 is 0 Å². The minimum absolute atomic E-state index is 0.235. The Morgan fingerprint density at radius 1 is 1.38 bits per heavy atom. The topological polar surface area (TPSA) is 35.5 Å². The molecule has 1 heterocycles. The molecule has 16 heavy (non-hydrogen) atoms. The summed E-state index contributed by atoms with van der Waals surface area (Å²) < 4.78 is 0. The zero-order chi connectivity index (χ0) is 11.4. The maximum Gasteiger partial charge on any atom is 0.0599 e. The molecule has 1 saturated heterocycles. The number of benzene rings is 1. The molecule has 2 rings (SSSR count). The number of nitrogens with zero attached hydrogens (tertiary/aromatic N) is 1. The van der Waals surface area contributed by atoms with Crippen molar-refractivity contribution in [3.05, 3.63) is 35.4 Å². The van der Waals surface area contributed by atoms with E-state index in [1.807, 2.05) is 0 Å². The first-order valence-electron chi connectivity index (χ1n) is 5.91. The monoisotopic (exact) mass is 220 g/mol. The first kappa shape index (κ1) is 11.6. The number of aryl methyl sites for hydroxylation is 1. The predicted molar refractivity (Wildman–Crippen MR) is 65.3 cm³/mol. The predicted octanol–water partition coefficient (Wildman–Crippen LogP) is 0.761. The SMILES string of the molecule is Cc1ccc(CN2CCNCC2CO)cc1. The second-order valence-corrected chi connectivity index (χ2v) is 4.50. The van der Waals surface area contributed by atoms with E-state index in [2.05, 4.69) is 41.4 Å². The van der Waals surface area contributed by atoms with Gasteiger partial charge in [-0.05, 0) is 12.5 Å². The molecule has 1 aliphatic heterocycles. The quantitative estimate of drug-likeness (QED) is 0.789. The molecule has 1 fully saturated rings. The summed E-state index contributed by atoms with van der Waals surface area (Å²) in [5, 5.41) is 12.6. The van der Waals surface area contributed by atoms with Crippen LogP contribution < -0.4 is 5.32 Å². The van der Waals surface area contributed by atoms with Crippen molar-refractivity contribution in [2.45, 2.75) is 19.5 Å². The van der Waals surface area contributed by atoms with Gasteiger partial charge in [0, 0.05) is 32.2 Å². The van der Waals surface area contributed by atoms with E-state index in [4.69, 9.17) is 0 Å². The van der Waals surface area contributed by atoms with Crippen LogP contribution in [0.2, 0.25) is 0 Å². The third kappa shape index (κ3) is 2.82. The molecular formula is C13H20N2O. The van der Waals surface area contributed by atoms with Crippen molar-refractivity contribution in [3.63, 3.8) is 0 Å². The maximum atomic E-state index is 9.30. The van der Waals surface area contributed by atoms with E-state index in [-0.39, 0.29) is 12.6 Å². The normalized spacial score (nSPS) is 22.2. The van der Waals surface area contributed by atoms with Gasteiger partial charge in [-0.1, -0.05) is 29.8 Å². The van der Waals surface area contributed by atoms with Gasteiger partial charge in [-0.2, -0.15) is 0 Å². The molecule has 88 valence electrons. The van der Waals surface area contributed by atoms with Crippen LogP contribution in [0.3, 0.4) is 0 Å². The zero-order valence-electron chi connectivity index (χ0n) is 9.82. The van der Waals surface area contributed by atoms with Gasteiger partial charge >= 0.3 is 0 Å². The minimum atomic E-state index is 0.235. The summed E-state index contributed by atoms with van der Waals surface area (Å²) in [6.07, 6.45) is 0. The number of rotatable bonds is 3. The standard InChI is InChI=1S/C13H20N2O/c1-11-2-4-12(5-3-11)9-15-7-6-14-8-13(15)10-16/h2-5,13-14,16H,6-10H2,1H3. The van der Waals surface area contributed by atoms with Crippen LogP contribution >= 0.6 is 0 Å². The molecule has 1 aromatic rings. The molecule has 0 spiro atoms. The fourth-order valence-corrected chi connectivity index (χ4v) is 2.12. The van der Waals surface area contributed by atoms with Crippen molar-refractivity contribution < 1.29 is 5.11 Å². The van der Waals surface area contributed by atoms with E-state index >= 15 is 0 Å². The number of nitrogens with one attached hydrogen (secondary N) is 1. The van der Waals surface area contributed by atoms with E-state index in [9.17, 15) is 5.11 Å². The summed E-state index contributed by atoms with van der Waals surface area (Å²) >= 11 is 0. The second-order valence-electron chi connectivity index (χ2n) is 4.50. The Balaban J connectivity index is 1.99. The van der Waals surface area contributed by atoms with Crippen molar-refractivity contribution in [3.8, 4) is 0 Å². The highest BCUT2D eigenvalue weighted by molar-refractivity contribution is 5.21. The number of piperazine rings is 1. The third-order valence-electron chi connectivity index (χ3n) is 3.19. The fourth-order valence-electron chi connectivity index (χ4n) is 2.12. The Morgan fingerprint density at radius 3 is 2.81 bits per heavy atom. The molecule has 0 aromatic heterocycles. The molecule has 3 nitrogen and oxygen atoms in total. The summed E-state index contributed by atoms with van der Waals surface area (Å²) in [5.74, 6) is 0. The van der Waals surface area contributed by atoms with Crippen LogP contribution in [0.1, 0.15) is 11.1 Å². The molecule has 0 bridgehead atoms. The maximum absolute atomic E-state index is 9.30. The number of hydrogen-bond acceptors (Lipinski definition) is 3. The Bertz CT molecular complexity index is 323. The van der Waals surface area contributed by atoms with E-state index in [1.54, 1.807) is 0 Å². The van der Waals surface area contributed by atoms with Gasteiger partial charge in [0.25, 0.3) is 0 Å². The highest BCUT2D eigenvalue weighted by Gasteiger charge is 2.20. The third-order valence-corrected chi connectivity index (χ3v) is 3.19. The van der Waals surface area contributed by atoms with Gasteiger partial charge in [-0.15, -0.1) is 0 Å². The average Bonchev–Trinajstić information content (AvgIpc) is 2.33.